The Morgan fingerprint density at radius 1 is 1.30 bits per heavy atom. The Balaban J connectivity index is 1.68. The van der Waals surface area contributed by atoms with Crippen LogP contribution in [0.4, 0.5) is 0 Å². The molecular weight excluding hydrogens is 355 g/mol. The maximum Gasteiger partial charge on any atom is 0.291 e. The molecule has 1 aromatic carbocycles. The van der Waals surface area contributed by atoms with Gasteiger partial charge in [-0.3, -0.25) is 9.89 Å². The summed E-state index contributed by atoms with van der Waals surface area (Å²) in [7, 11) is 0. The summed E-state index contributed by atoms with van der Waals surface area (Å²) in [6.07, 6.45) is 1.43. The summed E-state index contributed by atoms with van der Waals surface area (Å²) in [4.78, 5) is 13.0. The molecule has 0 aliphatic rings. The van der Waals surface area contributed by atoms with E-state index in [0.717, 1.165) is 10.6 Å². The second-order valence-electron chi connectivity index (χ2n) is 4.49. The molecule has 2 N–H and O–H groups in total. The van der Waals surface area contributed by atoms with Gasteiger partial charge in [-0.05, 0) is 23.6 Å². The van der Waals surface area contributed by atoms with E-state index < -0.39 is 5.91 Å². The van der Waals surface area contributed by atoms with Gasteiger partial charge in [-0.2, -0.15) is 10.2 Å². The average Bonchev–Trinajstić information content (AvgIpc) is 3.21. The first-order valence-electron chi connectivity index (χ1n) is 6.52. The molecule has 0 aliphatic heterocycles. The first-order valence-corrected chi connectivity index (χ1v) is 8.15. The minimum atomic E-state index is -0.418. The number of carbonyl (C=O) groups is 1. The number of benzene rings is 1. The second kappa shape index (κ2) is 6.95. The van der Waals surface area contributed by atoms with Crippen LogP contribution in [-0.2, 0) is 0 Å². The highest BCUT2D eigenvalue weighted by Gasteiger charge is 2.11. The third-order valence-electron chi connectivity index (χ3n) is 2.95. The van der Waals surface area contributed by atoms with Gasteiger partial charge >= 0.3 is 0 Å². The summed E-state index contributed by atoms with van der Waals surface area (Å²) in [5.41, 5.74) is 4.05. The van der Waals surface area contributed by atoms with Crippen molar-refractivity contribution >= 4 is 46.7 Å². The number of amides is 1. The molecule has 0 unspecified atom stereocenters. The molecular formula is C15H10Cl2N4OS. The maximum atomic E-state index is 12.0. The summed E-state index contributed by atoms with van der Waals surface area (Å²) in [6.45, 7) is 0. The molecule has 8 heteroatoms. The van der Waals surface area contributed by atoms with E-state index in [9.17, 15) is 4.79 Å². The van der Waals surface area contributed by atoms with E-state index >= 15 is 0 Å². The number of nitrogens with zero attached hydrogens (tertiary/aromatic N) is 2. The second-order valence-corrected chi connectivity index (χ2v) is 6.22. The van der Waals surface area contributed by atoms with Gasteiger partial charge in [-0.1, -0.05) is 41.4 Å². The van der Waals surface area contributed by atoms with Crippen LogP contribution < -0.4 is 5.43 Å². The van der Waals surface area contributed by atoms with Gasteiger partial charge in [0.2, 0.25) is 0 Å². The van der Waals surface area contributed by atoms with Crippen LogP contribution in [0.2, 0.25) is 10.0 Å². The van der Waals surface area contributed by atoms with Crippen LogP contribution in [0.25, 0.3) is 10.6 Å². The number of hydrogen-bond donors (Lipinski definition) is 2. The highest BCUT2D eigenvalue weighted by molar-refractivity contribution is 7.13. The van der Waals surface area contributed by atoms with Gasteiger partial charge in [-0.15, -0.1) is 11.3 Å². The van der Waals surface area contributed by atoms with E-state index in [1.54, 1.807) is 35.6 Å². The van der Waals surface area contributed by atoms with Crippen molar-refractivity contribution in [3.8, 4) is 10.6 Å². The van der Waals surface area contributed by atoms with Crippen LogP contribution >= 0.6 is 34.5 Å². The Morgan fingerprint density at radius 2 is 2.17 bits per heavy atom. The molecule has 0 radical (unpaired) electrons. The van der Waals surface area contributed by atoms with Gasteiger partial charge in [0.15, 0.2) is 5.69 Å². The first kappa shape index (κ1) is 15.7. The minimum Gasteiger partial charge on any atom is -0.276 e. The van der Waals surface area contributed by atoms with E-state index in [2.05, 4.69) is 20.7 Å². The molecule has 0 saturated carbocycles. The van der Waals surface area contributed by atoms with Crippen LogP contribution in [0.15, 0.2) is 46.9 Å². The van der Waals surface area contributed by atoms with Crippen molar-refractivity contribution in [2.24, 2.45) is 5.10 Å². The zero-order chi connectivity index (χ0) is 16.2. The van der Waals surface area contributed by atoms with Gasteiger partial charge in [0.05, 0.1) is 26.8 Å². The molecule has 0 spiro atoms. The molecule has 23 heavy (non-hydrogen) atoms. The first-order chi connectivity index (χ1) is 11.1. The molecule has 0 atom stereocenters. The van der Waals surface area contributed by atoms with Gasteiger partial charge in [0.25, 0.3) is 5.91 Å². The molecule has 1 amide bonds. The molecule has 0 bridgehead atoms. The molecule has 116 valence electrons. The molecule has 0 saturated heterocycles. The van der Waals surface area contributed by atoms with Gasteiger partial charge in [0, 0.05) is 5.56 Å². The van der Waals surface area contributed by atoms with Crippen molar-refractivity contribution < 1.29 is 4.79 Å². The van der Waals surface area contributed by atoms with Crippen molar-refractivity contribution in [3.05, 3.63) is 63.1 Å². The summed E-state index contributed by atoms with van der Waals surface area (Å²) >= 11 is 13.5. The standard InChI is InChI=1S/C15H10Cl2N4OS/c16-10-4-1-3-9(14(10)17)8-18-21-15(22)12-7-11(19-20-12)13-5-2-6-23-13/h1-8H,(H,19,20)(H,21,22). The van der Waals surface area contributed by atoms with E-state index in [0.29, 0.717) is 15.6 Å². The molecule has 5 nitrogen and oxygen atoms in total. The number of H-pyrrole nitrogens is 1. The number of rotatable bonds is 4. The molecule has 3 rings (SSSR count). The summed E-state index contributed by atoms with van der Waals surface area (Å²) < 4.78 is 0. The van der Waals surface area contributed by atoms with Crippen molar-refractivity contribution in [2.75, 3.05) is 0 Å². The van der Waals surface area contributed by atoms with Crippen molar-refractivity contribution in [3.63, 3.8) is 0 Å². The van der Waals surface area contributed by atoms with Crippen LogP contribution in [0.3, 0.4) is 0 Å². The lowest BCUT2D eigenvalue weighted by Gasteiger charge is -1.99. The number of carbonyl (C=O) groups excluding carboxylic acids is 1. The third kappa shape index (κ3) is 3.61. The normalized spacial score (nSPS) is 11.0. The third-order valence-corrected chi connectivity index (χ3v) is 4.68. The maximum absolute atomic E-state index is 12.0. The quantitative estimate of drug-likeness (QED) is 0.537. The Hall–Kier alpha value is -2.15. The predicted octanol–water partition coefficient (Wildman–Crippen LogP) is 4.21. The number of halogens is 2. The van der Waals surface area contributed by atoms with Crippen LogP contribution in [-0.4, -0.2) is 22.3 Å². The van der Waals surface area contributed by atoms with E-state index in [4.69, 9.17) is 23.2 Å². The lowest BCUT2D eigenvalue weighted by molar-refractivity contribution is 0.0950. The van der Waals surface area contributed by atoms with E-state index in [1.165, 1.54) is 6.21 Å². The van der Waals surface area contributed by atoms with Gasteiger partial charge in [-0.25, -0.2) is 5.43 Å². The SMILES string of the molecule is O=C(NN=Cc1cccc(Cl)c1Cl)c1cc(-c2cccs2)[nH]n1. The molecule has 2 aromatic heterocycles. The number of aromatic amines is 1. The smallest absolute Gasteiger partial charge is 0.276 e. The number of hydrogen-bond acceptors (Lipinski definition) is 4. The number of aromatic nitrogens is 2. The van der Waals surface area contributed by atoms with E-state index in [1.807, 2.05) is 17.5 Å². The van der Waals surface area contributed by atoms with Crippen molar-refractivity contribution in [1.29, 1.82) is 0 Å². The fourth-order valence-electron chi connectivity index (χ4n) is 1.83. The molecule has 2 heterocycles. The topological polar surface area (TPSA) is 70.1 Å². The monoisotopic (exact) mass is 364 g/mol. The highest BCUT2D eigenvalue weighted by atomic mass is 35.5. The summed E-state index contributed by atoms with van der Waals surface area (Å²) in [5.74, 6) is -0.418. The minimum absolute atomic E-state index is 0.253. The Kier molecular flexibility index (Phi) is 4.76. The Bertz CT molecular complexity index is 858. The van der Waals surface area contributed by atoms with Crippen LogP contribution in [0, 0.1) is 0 Å². The summed E-state index contributed by atoms with van der Waals surface area (Å²) in [6, 6.07) is 10.7. The lowest BCUT2D eigenvalue weighted by Crippen LogP contribution is -2.18. The predicted molar refractivity (Wildman–Crippen MR) is 93.4 cm³/mol. The Morgan fingerprint density at radius 3 is 2.96 bits per heavy atom. The Labute approximate surface area is 145 Å². The average molecular weight is 365 g/mol. The largest absolute Gasteiger partial charge is 0.291 e. The summed E-state index contributed by atoms with van der Waals surface area (Å²) in [5, 5.41) is 13.4. The zero-order valence-corrected chi connectivity index (χ0v) is 13.9. The lowest BCUT2D eigenvalue weighted by atomic mass is 10.2. The number of hydrazone groups is 1. The van der Waals surface area contributed by atoms with Gasteiger partial charge < -0.3 is 0 Å². The van der Waals surface area contributed by atoms with Crippen molar-refractivity contribution in [1.82, 2.24) is 15.6 Å². The number of nitrogens with one attached hydrogen (secondary N) is 2. The van der Waals surface area contributed by atoms with Gasteiger partial charge in [0.1, 0.15) is 0 Å². The molecule has 3 aromatic rings. The van der Waals surface area contributed by atoms with Crippen LogP contribution in [0.1, 0.15) is 16.1 Å². The van der Waals surface area contributed by atoms with Crippen molar-refractivity contribution in [2.45, 2.75) is 0 Å². The van der Waals surface area contributed by atoms with Crippen LogP contribution in [0.5, 0.6) is 0 Å². The van der Waals surface area contributed by atoms with E-state index in [-0.39, 0.29) is 5.69 Å². The number of thiophene rings is 1. The molecule has 0 aliphatic carbocycles. The fraction of sp³-hybridized carbons (Fsp3) is 0. The zero-order valence-electron chi connectivity index (χ0n) is 11.6. The highest BCUT2D eigenvalue weighted by Crippen LogP contribution is 2.24. The fourth-order valence-corrected chi connectivity index (χ4v) is 2.88. The molecule has 0 fully saturated rings.